The molecule has 152 valence electrons. The van der Waals surface area contributed by atoms with Crippen molar-refractivity contribution in [3.63, 3.8) is 0 Å². The monoisotopic (exact) mass is 399 g/mol. The van der Waals surface area contributed by atoms with Gasteiger partial charge in [-0.1, -0.05) is 78.9 Å². The Morgan fingerprint density at radius 1 is 0.900 bits per heavy atom. The lowest BCUT2D eigenvalue weighted by atomic mass is 9.79. The summed E-state index contributed by atoms with van der Waals surface area (Å²) in [5.74, 6) is -0.833. The lowest BCUT2D eigenvalue weighted by Gasteiger charge is -2.38. The van der Waals surface area contributed by atoms with Crippen LogP contribution < -0.4 is 5.32 Å². The van der Waals surface area contributed by atoms with Crippen LogP contribution in [-0.4, -0.2) is 30.3 Å². The van der Waals surface area contributed by atoms with Crippen molar-refractivity contribution in [2.75, 3.05) is 7.11 Å². The summed E-state index contributed by atoms with van der Waals surface area (Å²) in [6.45, 7) is 0. The molecule has 0 saturated heterocycles. The molecular weight excluding hydrogens is 374 g/mol. The van der Waals surface area contributed by atoms with Crippen molar-refractivity contribution < 1.29 is 14.6 Å². The van der Waals surface area contributed by atoms with Crippen LogP contribution in [0.15, 0.2) is 78.9 Å². The number of rotatable bonds is 4. The van der Waals surface area contributed by atoms with Crippen LogP contribution in [-0.2, 0) is 15.1 Å². The van der Waals surface area contributed by atoms with Gasteiger partial charge >= 0.3 is 5.97 Å². The summed E-state index contributed by atoms with van der Waals surface area (Å²) in [6.07, 6.45) is 0.525. The van der Waals surface area contributed by atoms with Crippen LogP contribution in [0.25, 0.3) is 11.1 Å². The molecule has 2 N–H and O–H groups in total. The third kappa shape index (κ3) is 2.72. The number of benzene rings is 3. The molecule has 5 rings (SSSR count). The van der Waals surface area contributed by atoms with Gasteiger partial charge in [-0.2, -0.15) is 0 Å². The zero-order valence-corrected chi connectivity index (χ0v) is 16.9. The number of methoxy groups -OCH3 is 1. The molecule has 0 aliphatic heterocycles. The largest absolute Gasteiger partial charge is 0.469 e. The summed E-state index contributed by atoms with van der Waals surface area (Å²) >= 11 is 0. The van der Waals surface area contributed by atoms with E-state index in [0.29, 0.717) is 12.8 Å². The van der Waals surface area contributed by atoms with Crippen molar-refractivity contribution in [2.24, 2.45) is 5.92 Å². The number of fused-ring (bicyclic) bond motifs is 3. The van der Waals surface area contributed by atoms with Crippen LogP contribution in [0.5, 0.6) is 0 Å². The standard InChI is InChI=1S/C26H25NO3/c1-30-25(29)20-15-16-23(24(20)28)27-26(17-9-3-2-4-10-17)21-13-7-5-11-18(21)19-12-6-8-14-22(19)26/h2-14,20,23-24,27-28H,15-16H2,1H3/t20-,23-,24+/m0/s1. The number of nitrogens with one attached hydrogen (secondary N) is 1. The fraction of sp³-hybridized carbons (Fsp3) is 0.269. The van der Waals surface area contributed by atoms with Gasteiger partial charge < -0.3 is 9.84 Å². The highest BCUT2D eigenvalue weighted by molar-refractivity contribution is 5.83. The summed E-state index contributed by atoms with van der Waals surface area (Å²) in [6, 6.07) is 27.0. The fourth-order valence-electron chi connectivity index (χ4n) is 5.30. The second-order valence-corrected chi connectivity index (χ2v) is 8.16. The number of aliphatic hydroxyl groups excluding tert-OH is 1. The molecule has 0 spiro atoms. The van der Waals surface area contributed by atoms with E-state index in [9.17, 15) is 9.90 Å². The lowest BCUT2D eigenvalue weighted by Crippen LogP contribution is -2.52. The molecule has 3 aromatic carbocycles. The van der Waals surface area contributed by atoms with Crippen molar-refractivity contribution in [1.82, 2.24) is 5.32 Å². The van der Waals surface area contributed by atoms with Crippen LogP contribution >= 0.6 is 0 Å². The van der Waals surface area contributed by atoms with Gasteiger partial charge in [-0.15, -0.1) is 0 Å². The van der Waals surface area contributed by atoms with Crippen LogP contribution in [0.1, 0.15) is 29.5 Å². The smallest absolute Gasteiger partial charge is 0.311 e. The third-order valence-corrected chi connectivity index (χ3v) is 6.68. The van der Waals surface area contributed by atoms with E-state index in [1.165, 1.54) is 29.4 Å². The average molecular weight is 399 g/mol. The molecule has 3 aromatic rings. The Balaban J connectivity index is 1.67. The molecule has 30 heavy (non-hydrogen) atoms. The summed E-state index contributed by atoms with van der Waals surface area (Å²) in [5, 5.41) is 14.8. The van der Waals surface area contributed by atoms with Gasteiger partial charge in [0.1, 0.15) is 0 Å². The maximum absolute atomic E-state index is 12.1. The van der Waals surface area contributed by atoms with E-state index >= 15 is 0 Å². The van der Waals surface area contributed by atoms with E-state index in [4.69, 9.17) is 4.74 Å². The van der Waals surface area contributed by atoms with Crippen LogP contribution in [0.4, 0.5) is 0 Å². The fourth-order valence-corrected chi connectivity index (χ4v) is 5.30. The molecule has 0 unspecified atom stereocenters. The van der Waals surface area contributed by atoms with E-state index in [1.54, 1.807) is 0 Å². The molecule has 4 nitrogen and oxygen atoms in total. The highest BCUT2D eigenvalue weighted by Crippen LogP contribution is 2.51. The van der Waals surface area contributed by atoms with Gasteiger partial charge in [0, 0.05) is 6.04 Å². The molecular formula is C26H25NO3. The SMILES string of the molecule is COC(=O)[C@H]1CC[C@H](NC2(c3ccccc3)c3ccccc3-c3ccccc32)[C@@H]1O. The Hall–Kier alpha value is -2.95. The molecule has 0 heterocycles. The number of carbonyl (C=O) groups is 1. The van der Waals surface area contributed by atoms with Crippen LogP contribution in [0, 0.1) is 5.92 Å². The molecule has 1 fully saturated rings. The number of hydrogen-bond acceptors (Lipinski definition) is 4. The molecule has 2 aliphatic carbocycles. The first-order valence-electron chi connectivity index (χ1n) is 10.5. The molecule has 0 aromatic heterocycles. The highest BCUT2D eigenvalue weighted by atomic mass is 16.5. The first-order valence-corrected chi connectivity index (χ1v) is 10.5. The molecule has 4 heteroatoms. The predicted octanol–water partition coefficient (Wildman–Crippen LogP) is 3.86. The topological polar surface area (TPSA) is 58.6 Å². The van der Waals surface area contributed by atoms with E-state index in [-0.39, 0.29) is 12.0 Å². The Labute approximate surface area is 176 Å². The summed E-state index contributed by atoms with van der Waals surface area (Å²) in [7, 11) is 1.38. The maximum atomic E-state index is 12.1. The van der Waals surface area contributed by atoms with Gasteiger partial charge in [-0.3, -0.25) is 10.1 Å². The normalized spacial score (nSPS) is 23.6. The van der Waals surface area contributed by atoms with Gasteiger partial charge in [-0.25, -0.2) is 0 Å². The summed E-state index contributed by atoms with van der Waals surface area (Å²) in [5.41, 5.74) is 5.27. The lowest BCUT2D eigenvalue weighted by molar-refractivity contribution is -0.148. The second kappa shape index (κ2) is 7.38. The maximum Gasteiger partial charge on any atom is 0.311 e. The summed E-state index contributed by atoms with van der Waals surface area (Å²) in [4.78, 5) is 12.1. The van der Waals surface area contributed by atoms with E-state index < -0.39 is 17.6 Å². The molecule has 0 bridgehead atoms. The van der Waals surface area contributed by atoms with E-state index in [0.717, 1.165) is 5.56 Å². The Kier molecular flexibility index (Phi) is 4.69. The Bertz CT molecular complexity index is 1030. The van der Waals surface area contributed by atoms with Gasteiger partial charge in [0.05, 0.1) is 24.7 Å². The minimum Gasteiger partial charge on any atom is -0.469 e. The van der Waals surface area contributed by atoms with Crippen LogP contribution in [0.3, 0.4) is 0 Å². The van der Waals surface area contributed by atoms with Gasteiger partial charge in [0.2, 0.25) is 0 Å². The van der Waals surface area contributed by atoms with Gasteiger partial charge in [0.25, 0.3) is 0 Å². The minimum absolute atomic E-state index is 0.228. The van der Waals surface area contributed by atoms with Crippen molar-refractivity contribution in [3.05, 3.63) is 95.6 Å². The first kappa shape index (κ1) is 19.0. The number of esters is 1. The van der Waals surface area contributed by atoms with Crippen molar-refractivity contribution in [1.29, 1.82) is 0 Å². The average Bonchev–Trinajstić information content (AvgIpc) is 3.31. The first-order chi connectivity index (χ1) is 14.7. The number of aliphatic hydroxyl groups is 1. The zero-order chi connectivity index (χ0) is 20.7. The minimum atomic E-state index is -0.794. The van der Waals surface area contributed by atoms with Gasteiger partial charge in [-0.05, 0) is 40.7 Å². The van der Waals surface area contributed by atoms with Crippen molar-refractivity contribution >= 4 is 5.97 Å². The second-order valence-electron chi connectivity index (χ2n) is 8.16. The van der Waals surface area contributed by atoms with E-state index in [2.05, 4.69) is 66.0 Å². The number of hydrogen-bond donors (Lipinski definition) is 2. The quantitative estimate of drug-likeness (QED) is 0.654. The molecule has 1 saturated carbocycles. The van der Waals surface area contributed by atoms with Crippen molar-refractivity contribution in [3.8, 4) is 11.1 Å². The molecule has 2 aliphatic rings. The molecule has 3 atom stereocenters. The van der Waals surface area contributed by atoms with E-state index in [1.807, 2.05) is 18.2 Å². The van der Waals surface area contributed by atoms with Crippen molar-refractivity contribution in [2.45, 2.75) is 30.5 Å². The molecule has 0 radical (unpaired) electrons. The highest BCUT2D eigenvalue weighted by Gasteiger charge is 2.49. The Morgan fingerprint density at radius 2 is 1.47 bits per heavy atom. The number of ether oxygens (including phenoxy) is 1. The third-order valence-electron chi connectivity index (χ3n) is 6.68. The number of carbonyl (C=O) groups excluding carboxylic acids is 1. The Morgan fingerprint density at radius 3 is 2.07 bits per heavy atom. The van der Waals surface area contributed by atoms with Crippen LogP contribution in [0.2, 0.25) is 0 Å². The molecule has 0 amide bonds. The van der Waals surface area contributed by atoms with Gasteiger partial charge in [0.15, 0.2) is 0 Å². The summed E-state index contributed by atoms with van der Waals surface area (Å²) < 4.78 is 4.92. The predicted molar refractivity (Wildman–Crippen MR) is 116 cm³/mol. The zero-order valence-electron chi connectivity index (χ0n) is 16.9.